The summed E-state index contributed by atoms with van der Waals surface area (Å²) in [6.07, 6.45) is 1.53. The van der Waals surface area contributed by atoms with Gasteiger partial charge in [-0.25, -0.2) is 9.82 Å². The number of hydrogen-bond acceptors (Lipinski definition) is 2. The molecule has 0 aliphatic heterocycles. The Bertz CT molecular complexity index is 648. The van der Waals surface area contributed by atoms with Gasteiger partial charge in [0.1, 0.15) is 5.82 Å². The summed E-state index contributed by atoms with van der Waals surface area (Å²) in [5.41, 5.74) is 4.40. The maximum Gasteiger partial charge on any atom is 0.274 e. The van der Waals surface area contributed by atoms with E-state index in [1.807, 2.05) is 24.3 Å². The first-order chi connectivity index (χ1) is 10.1. The molecule has 0 unspecified atom stereocenters. The summed E-state index contributed by atoms with van der Waals surface area (Å²) in [4.78, 5) is 11.7. The molecule has 3 nitrogen and oxygen atoms in total. The number of benzene rings is 2. The highest BCUT2D eigenvalue weighted by atomic mass is 19.1. The van der Waals surface area contributed by atoms with E-state index in [0.717, 1.165) is 5.56 Å². The number of nitrogens with zero attached hydrogens (tertiary/aromatic N) is 1. The van der Waals surface area contributed by atoms with Gasteiger partial charge in [-0.1, -0.05) is 50.2 Å². The third-order valence-electron chi connectivity index (χ3n) is 3.10. The first-order valence-corrected chi connectivity index (χ1v) is 6.76. The number of carbonyl (C=O) groups is 1. The van der Waals surface area contributed by atoms with Gasteiger partial charge in [0, 0.05) is 0 Å². The van der Waals surface area contributed by atoms with Gasteiger partial charge in [-0.2, -0.15) is 5.10 Å². The van der Waals surface area contributed by atoms with Crippen LogP contribution >= 0.6 is 0 Å². The zero-order chi connectivity index (χ0) is 15.2. The highest BCUT2D eigenvalue weighted by Gasteiger charge is 2.08. The van der Waals surface area contributed by atoms with Gasteiger partial charge in [0.25, 0.3) is 5.91 Å². The van der Waals surface area contributed by atoms with Gasteiger partial charge in [-0.15, -0.1) is 0 Å². The van der Waals surface area contributed by atoms with Crippen LogP contribution in [0.2, 0.25) is 0 Å². The molecule has 2 aromatic carbocycles. The van der Waals surface area contributed by atoms with Crippen LogP contribution in [-0.4, -0.2) is 12.1 Å². The van der Waals surface area contributed by atoms with Crippen LogP contribution < -0.4 is 5.43 Å². The van der Waals surface area contributed by atoms with Crippen molar-refractivity contribution in [3.8, 4) is 0 Å². The third-order valence-corrected chi connectivity index (χ3v) is 3.10. The zero-order valence-corrected chi connectivity index (χ0v) is 12.0. The van der Waals surface area contributed by atoms with Crippen molar-refractivity contribution in [2.75, 3.05) is 0 Å². The van der Waals surface area contributed by atoms with Crippen molar-refractivity contribution in [2.45, 2.75) is 19.8 Å². The van der Waals surface area contributed by atoms with Gasteiger partial charge < -0.3 is 0 Å². The summed E-state index contributed by atoms with van der Waals surface area (Å²) in [5.74, 6) is -0.661. The molecule has 2 aromatic rings. The van der Waals surface area contributed by atoms with Crippen molar-refractivity contribution in [1.29, 1.82) is 0 Å². The molecule has 1 amide bonds. The summed E-state index contributed by atoms with van der Waals surface area (Å²) in [6, 6.07) is 13.7. The molecule has 0 saturated heterocycles. The molecule has 0 aliphatic rings. The Balaban J connectivity index is 1.99. The van der Waals surface area contributed by atoms with E-state index in [9.17, 15) is 9.18 Å². The monoisotopic (exact) mass is 284 g/mol. The van der Waals surface area contributed by atoms with Gasteiger partial charge in [0.15, 0.2) is 0 Å². The van der Waals surface area contributed by atoms with Gasteiger partial charge in [0.05, 0.1) is 11.8 Å². The third kappa shape index (κ3) is 3.99. The Hall–Kier alpha value is -2.49. The molecule has 0 heterocycles. The van der Waals surface area contributed by atoms with E-state index in [2.05, 4.69) is 24.4 Å². The number of amides is 1. The lowest BCUT2D eigenvalue weighted by Gasteiger charge is -2.04. The number of rotatable bonds is 4. The van der Waals surface area contributed by atoms with Gasteiger partial charge >= 0.3 is 0 Å². The second-order valence-electron chi connectivity index (χ2n) is 5.00. The Morgan fingerprint density at radius 1 is 1.14 bits per heavy atom. The molecule has 4 heteroatoms. The zero-order valence-electron chi connectivity index (χ0n) is 12.0. The maximum atomic E-state index is 13.4. The van der Waals surface area contributed by atoms with Crippen LogP contribution in [0.4, 0.5) is 4.39 Å². The molecule has 0 saturated carbocycles. The van der Waals surface area contributed by atoms with Gasteiger partial charge in [0.2, 0.25) is 0 Å². The van der Waals surface area contributed by atoms with Crippen LogP contribution in [0.1, 0.15) is 41.3 Å². The van der Waals surface area contributed by atoms with E-state index in [1.54, 1.807) is 6.07 Å². The lowest BCUT2D eigenvalue weighted by molar-refractivity contribution is 0.0951. The predicted molar refractivity (Wildman–Crippen MR) is 82.0 cm³/mol. The normalized spacial score (nSPS) is 11.0. The van der Waals surface area contributed by atoms with Gasteiger partial charge in [-0.3, -0.25) is 4.79 Å². The Labute approximate surface area is 123 Å². The van der Waals surface area contributed by atoms with Crippen molar-refractivity contribution >= 4 is 12.1 Å². The molecule has 108 valence electrons. The summed E-state index contributed by atoms with van der Waals surface area (Å²) in [7, 11) is 0. The molecule has 21 heavy (non-hydrogen) atoms. The molecule has 0 spiro atoms. The molecule has 0 aromatic heterocycles. The van der Waals surface area contributed by atoms with Crippen molar-refractivity contribution in [1.82, 2.24) is 5.43 Å². The molecular formula is C17H17FN2O. The van der Waals surface area contributed by atoms with Crippen LogP contribution in [0.3, 0.4) is 0 Å². The number of carbonyl (C=O) groups excluding carboxylic acids is 1. The van der Waals surface area contributed by atoms with Crippen molar-refractivity contribution in [2.24, 2.45) is 5.10 Å². The highest BCUT2D eigenvalue weighted by molar-refractivity contribution is 5.95. The topological polar surface area (TPSA) is 41.5 Å². The number of hydrogen-bond donors (Lipinski definition) is 1. The number of hydrazone groups is 1. The van der Waals surface area contributed by atoms with Crippen molar-refractivity contribution in [3.05, 3.63) is 71.0 Å². The van der Waals surface area contributed by atoms with E-state index in [4.69, 9.17) is 0 Å². The minimum atomic E-state index is -0.567. The fourth-order valence-corrected chi connectivity index (χ4v) is 1.84. The second kappa shape index (κ2) is 6.79. The van der Waals surface area contributed by atoms with E-state index in [-0.39, 0.29) is 5.56 Å². The maximum absolute atomic E-state index is 13.4. The number of halogens is 1. The largest absolute Gasteiger partial charge is 0.274 e. The summed E-state index contributed by atoms with van der Waals surface area (Å²) < 4.78 is 13.4. The highest BCUT2D eigenvalue weighted by Crippen LogP contribution is 2.13. The molecule has 1 N–H and O–H groups in total. The van der Waals surface area contributed by atoms with Crippen molar-refractivity contribution < 1.29 is 9.18 Å². The smallest absolute Gasteiger partial charge is 0.267 e. The van der Waals surface area contributed by atoms with E-state index in [1.165, 1.54) is 30.0 Å². The van der Waals surface area contributed by atoms with Crippen molar-refractivity contribution in [3.63, 3.8) is 0 Å². The Kier molecular flexibility index (Phi) is 4.82. The lowest BCUT2D eigenvalue weighted by Crippen LogP contribution is -2.18. The lowest BCUT2D eigenvalue weighted by atomic mass is 10.0. The van der Waals surface area contributed by atoms with E-state index < -0.39 is 11.7 Å². The molecule has 2 rings (SSSR count). The molecule has 0 bridgehead atoms. The molecular weight excluding hydrogens is 267 g/mol. The fourth-order valence-electron chi connectivity index (χ4n) is 1.84. The van der Waals surface area contributed by atoms with E-state index in [0.29, 0.717) is 5.92 Å². The number of nitrogens with one attached hydrogen (secondary N) is 1. The molecule has 0 radical (unpaired) electrons. The van der Waals surface area contributed by atoms with E-state index >= 15 is 0 Å². The minimum Gasteiger partial charge on any atom is -0.267 e. The second-order valence-corrected chi connectivity index (χ2v) is 5.00. The molecule has 0 atom stereocenters. The average molecular weight is 284 g/mol. The van der Waals surface area contributed by atoms with Crippen LogP contribution in [0.5, 0.6) is 0 Å². The Morgan fingerprint density at radius 3 is 2.43 bits per heavy atom. The SMILES string of the molecule is CC(C)c1ccc(/C=N/NC(=O)c2ccccc2F)cc1. The predicted octanol–water partition coefficient (Wildman–Crippen LogP) is 3.71. The fraction of sp³-hybridized carbons (Fsp3) is 0.176. The summed E-state index contributed by atoms with van der Waals surface area (Å²) in [5, 5.41) is 3.84. The first kappa shape index (κ1) is 14.9. The quantitative estimate of drug-likeness (QED) is 0.675. The first-order valence-electron chi connectivity index (χ1n) is 6.76. The Morgan fingerprint density at radius 2 is 1.81 bits per heavy atom. The molecule has 0 fully saturated rings. The average Bonchev–Trinajstić information content (AvgIpc) is 2.48. The van der Waals surface area contributed by atoms with Crippen LogP contribution in [0.15, 0.2) is 53.6 Å². The van der Waals surface area contributed by atoms with Crippen LogP contribution in [0, 0.1) is 5.82 Å². The molecule has 0 aliphatic carbocycles. The van der Waals surface area contributed by atoms with Gasteiger partial charge in [-0.05, 0) is 29.2 Å². The van der Waals surface area contributed by atoms with Crippen LogP contribution in [-0.2, 0) is 0 Å². The standard InChI is InChI=1S/C17H17FN2O/c1-12(2)14-9-7-13(8-10-14)11-19-20-17(21)15-5-3-4-6-16(15)18/h3-12H,1-2H3,(H,20,21)/b19-11+. The minimum absolute atomic E-state index is 0.0233. The summed E-state index contributed by atoms with van der Waals surface area (Å²) in [6.45, 7) is 4.25. The summed E-state index contributed by atoms with van der Waals surface area (Å²) >= 11 is 0. The van der Waals surface area contributed by atoms with Crippen LogP contribution in [0.25, 0.3) is 0 Å².